The van der Waals surface area contributed by atoms with Crippen molar-refractivity contribution in [2.24, 2.45) is 5.73 Å². The van der Waals surface area contributed by atoms with E-state index in [2.05, 4.69) is 0 Å². The molecule has 0 aliphatic rings. The molecule has 0 aromatic carbocycles. The first-order valence-electron chi connectivity index (χ1n) is 5.39. The lowest BCUT2D eigenvalue weighted by Crippen LogP contribution is -2.34. The Morgan fingerprint density at radius 2 is 1.50 bits per heavy atom. The second kappa shape index (κ2) is 9.11. The molecular formula is C10H20N2O4. The summed E-state index contributed by atoms with van der Waals surface area (Å²) in [5.74, 6) is -0.668. The van der Waals surface area contributed by atoms with E-state index in [1.165, 1.54) is 4.90 Å². The summed E-state index contributed by atoms with van der Waals surface area (Å²) in [6.45, 7) is 0.902. The largest absolute Gasteiger partial charge is 0.396 e. The second-order valence-corrected chi connectivity index (χ2v) is 3.50. The summed E-state index contributed by atoms with van der Waals surface area (Å²) in [5, 5.41) is 17.4. The van der Waals surface area contributed by atoms with Gasteiger partial charge in [0.15, 0.2) is 0 Å². The molecule has 4 N–H and O–H groups in total. The number of amides is 2. The number of nitrogens with zero attached hydrogens (tertiary/aromatic N) is 1. The quantitative estimate of drug-likeness (QED) is 0.466. The van der Waals surface area contributed by atoms with E-state index in [0.29, 0.717) is 25.9 Å². The maximum Gasteiger partial charge on any atom is 0.223 e. The Hall–Kier alpha value is -1.14. The predicted octanol–water partition coefficient (Wildman–Crippen LogP) is -1.15. The topological polar surface area (TPSA) is 104 Å². The first kappa shape index (κ1) is 14.9. The molecule has 0 rings (SSSR count). The summed E-state index contributed by atoms with van der Waals surface area (Å²) in [5.41, 5.74) is 4.95. The van der Waals surface area contributed by atoms with E-state index in [0.717, 1.165) is 0 Å². The third kappa shape index (κ3) is 7.19. The first-order chi connectivity index (χ1) is 7.61. The highest BCUT2D eigenvalue weighted by molar-refractivity contribution is 5.82. The molecule has 0 bridgehead atoms. The van der Waals surface area contributed by atoms with Crippen molar-refractivity contribution in [3.63, 3.8) is 0 Å². The summed E-state index contributed by atoms with van der Waals surface area (Å²) < 4.78 is 0. The van der Waals surface area contributed by atoms with Gasteiger partial charge in [-0.1, -0.05) is 0 Å². The van der Waals surface area contributed by atoms with Gasteiger partial charge >= 0.3 is 0 Å². The number of carbonyl (C=O) groups excluding carboxylic acids is 2. The SMILES string of the molecule is NC(=O)CCC(=O)N(CCCO)CCCO. The minimum Gasteiger partial charge on any atom is -0.396 e. The number of primary amides is 1. The van der Waals surface area contributed by atoms with Crippen LogP contribution in [0, 0.1) is 0 Å². The van der Waals surface area contributed by atoms with Crippen LogP contribution in [0.5, 0.6) is 0 Å². The van der Waals surface area contributed by atoms with E-state index < -0.39 is 5.91 Å². The molecule has 0 heterocycles. The van der Waals surface area contributed by atoms with E-state index >= 15 is 0 Å². The molecule has 0 aliphatic carbocycles. The molecule has 0 aliphatic heterocycles. The number of aliphatic hydroxyl groups is 2. The lowest BCUT2D eigenvalue weighted by atomic mass is 10.2. The fourth-order valence-corrected chi connectivity index (χ4v) is 1.27. The van der Waals surface area contributed by atoms with Gasteiger partial charge in [0.05, 0.1) is 0 Å². The van der Waals surface area contributed by atoms with Crippen LogP contribution in [-0.2, 0) is 9.59 Å². The Morgan fingerprint density at radius 3 is 1.88 bits per heavy atom. The van der Waals surface area contributed by atoms with Gasteiger partial charge in [-0.05, 0) is 12.8 Å². The average molecular weight is 232 g/mol. The number of hydrogen-bond acceptors (Lipinski definition) is 4. The Bertz CT molecular complexity index is 213. The van der Waals surface area contributed by atoms with Gasteiger partial charge in [-0.2, -0.15) is 0 Å². The van der Waals surface area contributed by atoms with Crippen molar-refractivity contribution in [3.8, 4) is 0 Å². The van der Waals surface area contributed by atoms with Gasteiger partial charge in [-0.25, -0.2) is 0 Å². The zero-order chi connectivity index (χ0) is 12.4. The van der Waals surface area contributed by atoms with E-state index in [1.807, 2.05) is 0 Å². The Morgan fingerprint density at radius 1 is 1.00 bits per heavy atom. The fraction of sp³-hybridized carbons (Fsp3) is 0.800. The standard InChI is InChI=1S/C10H20N2O4/c11-9(15)3-4-10(16)12(5-1-7-13)6-2-8-14/h13-14H,1-8H2,(H2,11,15). The molecule has 0 saturated heterocycles. The Labute approximate surface area is 95.0 Å². The molecule has 0 saturated carbocycles. The van der Waals surface area contributed by atoms with Crippen molar-refractivity contribution < 1.29 is 19.8 Å². The van der Waals surface area contributed by atoms with Gasteiger partial charge in [0.2, 0.25) is 11.8 Å². The maximum absolute atomic E-state index is 11.6. The second-order valence-electron chi connectivity index (χ2n) is 3.50. The fourth-order valence-electron chi connectivity index (χ4n) is 1.27. The van der Waals surface area contributed by atoms with Crippen LogP contribution in [0.3, 0.4) is 0 Å². The maximum atomic E-state index is 11.6. The van der Waals surface area contributed by atoms with Crippen LogP contribution in [-0.4, -0.2) is 53.2 Å². The number of carbonyl (C=O) groups is 2. The van der Waals surface area contributed by atoms with Crippen LogP contribution in [0.15, 0.2) is 0 Å². The molecule has 0 aromatic heterocycles. The monoisotopic (exact) mass is 232 g/mol. The molecule has 2 amide bonds. The van der Waals surface area contributed by atoms with Crippen molar-refractivity contribution in [2.45, 2.75) is 25.7 Å². The molecule has 94 valence electrons. The van der Waals surface area contributed by atoms with Crippen LogP contribution < -0.4 is 5.73 Å². The first-order valence-corrected chi connectivity index (χ1v) is 5.39. The van der Waals surface area contributed by atoms with Gasteiger partial charge in [0.25, 0.3) is 0 Å². The van der Waals surface area contributed by atoms with Crippen molar-refractivity contribution in [1.29, 1.82) is 0 Å². The normalized spacial score (nSPS) is 10.1. The van der Waals surface area contributed by atoms with Gasteiger partial charge in [0.1, 0.15) is 0 Å². The summed E-state index contributed by atoms with van der Waals surface area (Å²) >= 11 is 0. The zero-order valence-corrected chi connectivity index (χ0v) is 9.39. The molecule has 0 unspecified atom stereocenters. The lowest BCUT2D eigenvalue weighted by Gasteiger charge is -2.21. The smallest absolute Gasteiger partial charge is 0.223 e. The summed E-state index contributed by atoms with van der Waals surface area (Å²) in [7, 11) is 0. The highest BCUT2D eigenvalue weighted by Gasteiger charge is 2.13. The van der Waals surface area contributed by atoms with Crippen LogP contribution in [0.2, 0.25) is 0 Å². The molecule has 0 radical (unpaired) electrons. The molecule has 0 spiro atoms. The molecule has 16 heavy (non-hydrogen) atoms. The number of aliphatic hydroxyl groups excluding tert-OH is 2. The Balaban J connectivity index is 4.03. The minimum absolute atomic E-state index is 0.0126. The third-order valence-corrected chi connectivity index (χ3v) is 2.11. The zero-order valence-electron chi connectivity index (χ0n) is 9.39. The van der Waals surface area contributed by atoms with E-state index in [4.69, 9.17) is 15.9 Å². The average Bonchev–Trinajstić information content (AvgIpc) is 2.26. The molecule has 0 fully saturated rings. The van der Waals surface area contributed by atoms with Crippen LogP contribution in [0.1, 0.15) is 25.7 Å². The van der Waals surface area contributed by atoms with Gasteiger partial charge in [0, 0.05) is 39.1 Å². The van der Waals surface area contributed by atoms with Gasteiger partial charge in [-0.3, -0.25) is 9.59 Å². The molecular weight excluding hydrogens is 212 g/mol. The van der Waals surface area contributed by atoms with E-state index in [9.17, 15) is 9.59 Å². The van der Waals surface area contributed by atoms with Gasteiger partial charge < -0.3 is 20.8 Å². The molecule has 6 heteroatoms. The number of nitrogens with two attached hydrogens (primary N) is 1. The highest BCUT2D eigenvalue weighted by Crippen LogP contribution is 2.01. The summed E-state index contributed by atoms with van der Waals surface area (Å²) in [6, 6.07) is 0. The van der Waals surface area contributed by atoms with Crippen LogP contribution >= 0.6 is 0 Å². The Kier molecular flexibility index (Phi) is 8.46. The van der Waals surface area contributed by atoms with Crippen molar-refractivity contribution in [1.82, 2.24) is 4.90 Å². The number of hydrogen-bond donors (Lipinski definition) is 3. The van der Waals surface area contributed by atoms with Crippen molar-refractivity contribution >= 4 is 11.8 Å². The lowest BCUT2D eigenvalue weighted by molar-refractivity contribution is -0.133. The van der Waals surface area contributed by atoms with Crippen molar-refractivity contribution in [3.05, 3.63) is 0 Å². The third-order valence-electron chi connectivity index (χ3n) is 2.11. The summed E-state index contributed by atoms with van der Waals surface area (Å²) in [4.78, 5) is 23.7. The van der Waals surface area contributed by atoms with Gasteiger partial charge in [-0.15, -0.1) is 0 Å². The number of rotatable bonds is 9. The highest BCUT2D eigenvalue weighted by atomic mass is 16.3. The van der Waals surface area contributed by atoms with Crippen LogP contribution in [0.25, 0.3) is 0 Å². The minimum atomic E-state index is -0.502. The van der Waals surface area contributed by atoms with Crippen LogP contribution in [0.4, 0.5) is 0 Å². The molecule has 0 atom stereocenters. The van der Waals surface area contributed by atoms with E-state index in [1.54, 1.807) is 0 Å². The van der Waals surface area contributed by atoms with Crippen molar-refractivity contribution in [2.75, 3.05) is 26.3 Å². The molecule has 0 aromatic rings. The summed E-state index contributed by atoms with van der Waals surface area (Å²) in [6.07, 6.45) is 1.11. The van der Waals surface area contributed by atoms with E-state index in [-0.39, 0.29) is 32.0 Å². The predicted molar refractivity (Wildman–Crippen MR) is 58.4 cm³/mol. The molecule has 6 nitrogen and oxygen atoms in total.